The van der Waals surface area contributed by atoms with Crippen LogP contribution in [0.5, 0.6) is 5.75 Å². The van der Waals surface area contributed by atoms with Gasteiger partial charge in [-0.25, -0.2) is 9.67 Å². The number of anilines is 1. The lowest BCUT2D eigenvalue weighted by atomic mass is 10.1. The Kier molecular flexibility index (Phi) is 5.72. The minimum Gasteiger partial charge on any atom is -0.434 e. The molecule has 7 nitrogen and oxygen atoms in total. The van der Waals surface area contributed by atoms with Crippen molar-refractivity contribution in [3.63, 3.8) is 0 Å². The van der Waals surface area contributed by atoms with Gasteiger partial charge in [0.15, 0.2) is 5.13 Å². The van der Waals surface area contributed by atoms with E-state index in [0.717, 1.165) is 11.3 Å². The summed E-state index contributed by atoms with van der Waals surface area (Å²) >= 11 is 1.16. The van der Waals surface area contributed by atoms with E-state index in [2.05, 4.69) is 20.1 Å². The fourth-order valence-electron chi connectivity index (χ4n) is 3.15. The highest BCUT2D eigenvalue weighted by Crippen LogP contribution is 2.33. The van der Waals surface area contributed by atoms with E-state index in [-0.39, 0.29) is 23.6 Å². The number of ether oxygens (including phenoxy) is 1. The summed E-state index contributed by atoms with van der Waals surface area (Å²) < 4.78 is 31.0. The number of aromatic nitrogens is 3. The Labute approximate surface area is 178 Å². The summed E-state index contributed by atoms with van der Waals surface area (Å²) in [6.45, 7) is -2.96. The average molecular weight is 442 g/mol. The molecule has 31 heavy (non-hydrogen) atoms. The van der Waals surface area contributed by atoms with Gasteiger partial charge < -0.3 is 10.1 Å². The number of fused-ring (bicyclic) bond motifs is 1. The molecule has 158 valence electrons. The number of nitrogens with zero attached hydrogens (tertiary/aromatic N) is 3. The van der Waals surface area contributed by atoms with Crippen LogP contribution in [0.25, 0.3) is 22.0 Å². The summed E-state index contributed by atoms with van der Waals surface area (Å²) in [5.74, 6) is -0.365. The van der Waals surface area contributed by atoms with Crippen molar-refractivity contribution in [3.8, 4) is 17.0 Å². The zero-order valence-electron chi connectivity index (χ0n) is 16.2. The Balaban J connectivity index is 1.54. The lowest BCUT2D eigenvalue weighted by molar-refractivity contribution is -0.115. The van der Waals surface area contributed by atoms with Gasteiger partial charge in [-0.3, -0.25) is 9.59 Å². The van der Waals surface area contributed by atoms with Crippen molar-refractivity contribution in [1.82, 2.24) is 14.8 Å². The Morgan fingerprint density at radius 2 is 1.87 bits per heavy atom. The number of para-hydroxylation sites is 1. The molecular formula is C21H16F2N4O3S. The molecule has 4 aromatic rings. The van der Waals surface area contributed by atoms with Crippen LogP contribution >= 0.6 is 11.3 Å². The molecule has 0 radical (unpaired) electrons. The van der Waals surface area contributed by atoms with Crippen LogP contribution in [0.3, 0.4) is 0 Å². The van der Waals surface area contributed by atoms with Gasteiger partial charge in [-0.2, -0.15) is 13.9 Å². The second-order valence-corrected chi connectivity index (χ2v) is 7.42. The lowest BCUT2D eigenvalue weighted by Crippen LogP contribution is -2.24. The van der Waals surface area contributed by atoms with Crippen LogP contribution in [0.2, 0.25) is 0 Å². The quantitative estimate of drug-likeness (QED) is 0.490. The number of thiazole rings is 1. The molecule has 2 aromatic carbocycles. The predicted molar refractivity (Wildman–Crippen MR) is 113 cm³/mol. The monoisotopic (exact) mass is 442 g/mol. The third kappa shape index (κ3) is 4.43. The van der Waals surface area contributed by atoms with Crippen molar-refractivity contribution < 1.29 is 18.3 Å². The second-order valence-electron chi connectivity index (χ2n) is 6.56. The Hall–Kier alpha value is -3.66. The van der Waals surface area contributed by atoms with Gasteiger partial charge in [0.2, 0.25) is 5.91 Å². The van der Waals surface area contributed by atoms with Crippen molar-refractivity contribution in [3.05, 3.63) is 70.0 Å². The number of alkyl halides is 2. The maximum atomic E-state index is 12.6. The number of halogens is 2. The van der Waals surface area contributed by atoms with E-state index in [1.807, 2.05) is 0 Å². The number of carbonyl (C=O) groups is 1. The van der Waals surface area contributed by atoms with Crippen LogP contribution in [0.15, 0.2) is 58.7 Å². The fourth-order valence-corrected chi connectivity index (χ4v) is 3.88. The molecular weight excluding hydrogens is 426 g/mol. The Bertz CT molecular complexity index is 1320. The standard InChI is InChI=1S/C21H16F2N4O3S/c1-27-19(29)13-7-3-2-6-12(13)15(26-27)10-18(28)25-21-24-16(11-31-21)14-8-4-5-9-17(14)30-20(22)23/h2-9,11,20H,10H2,1H3,(H,24,25,28). The van der Waals surface area contributed by atoms with E-state index >= 15 is 0 Å². The first-order valence-electron chi connectivity index (χ1n) is 9.17. The van der Waals surface area contributed by atoms with Crippen molar-refractivity contribution in [2.75, 3.05) is 5.32 Å². The number of aryl methyl sites for hydroxylation is 1. The summed E-state index contributed by atoms with van der Waals surface area (Å²) in [6, 6.07) is 13.3. The van der Waals surface area contributed by atoms with E-state index in [0.29, 0.717) is 32.9 Å². The molecule has 1 amide bonds. The molecule has 10 heteroatoms. The van der Waals surface area contributed by atoms with Crippen molar-refractivity contribution >= 4 is 33.1 Å². The van der Waals surface area contributed by atoms with Crippen LogP contribution in [-0.4, -0.2) is 27.3 Å². The molecule has 0 atom stereocenters. The number of benzene rings is 2. The zero-order chi connectivity index (χ0) is 22.0. The van der Waals surface area contributed by atoms with E-state index in [1.165, 1.54) is 17.8 Å². The van der Waals surface area contributed by atoms with E-state index < -0.39 is 6.61 Å². The van der Waals surface area contributed by atoms with Gasteiger partial charge in [0.1, 0.15) is 5.75 Å². The third-order valence-corrected chi connectivity index (χ3v) is 5.25. The number of hydrogen-bond acceptors (Lipinski definition) is 6. The molecule has 0 aliphatic rings. The minimum atomic E-state index is -2.96. The number of hydrogen-bond donors (Lipinski definition) is 1. The summed E-state index contributed by atoms with van der Waals surface area (Å²) in [4.78, 5) is 29.1. The normalized spacial score (nSPS) is 11.1. The first-order chi connectivity index (χ1) is 14.9. The fraction of sp³-hybridized carbons (Fsp3) is 0.143. The van der Waals surface area contributed by atoms with Crippen LogP contribution in [0.1, 0.15) is 5.69 Å². The van der Waals surface area contributed by atoms with Gasteiger partial charge in [-0.1, -0.05) is 30.3 Å². The largest absolute Gasteiger partial charge is 0.434 e. The van der Waals surface area contributed by atoms with Crippen molar-refractivity contribution in [2.24, 2.45) is 7.05 Å². The second kappa shape index (κ2) is 8.60. The predicted octanol–water partition coefficient (Wildman–Crippen LogP) is 3.84. The molecule has 0 aliphatic carbocycles. The SMILES string of the molecule is Cn1nc(CC(=O)Nc2nc(-c3ccccc3OC(F)F)cs2)c2ccccc2c1=O. The Morgan fingerprint density at radius 3 is 2.65 bits per heavy atom. The highest BCUT2D eigenvalue weighted by molar-refractivity contribution is 7.14. The molecule has 0 unspecified atom stereocenters. The molecule has 0 aliphatic heterocycles. The van der Waals surface area contributed by atoms with Gasteiger partial charge in [-0.05, 0) is 18.2 Å². The third-order valence-electron chi connectivity index (χ3n) is 4.49. The molecule has 1 N–H and O–H groups in total. The highest BCUT2D eigenvalue weighted by Gasteiger charge is 2.16. The number of carbonyl (C=O) groups excluding carboxylic acids is 1. The maximum absolute atomic E-state index is 12.6. The van der Waals surface area contributed by atoms with Gasteiger partial charge in [0.25, 0.3) is 5.56 Å². The molecule has 0 fully saturated rings. The van der Waals surface area contributed by atoms with Crippen LogP contribution in [0, 0.1) is 0 Å². The topological polar surface area (TPSA) is 86.1 Å². The van der Waals surface area contributed by atoms with Crippen LogP contribution in [-0.2, 0) is 18.3 Å². The number of amides is 1. The van der Waals surface area contributed by atoms with Crippen molar-refractivity contribution in [2.45, 2.75) is 13.0 Å². The first kappa shape index (κ1) is 20.6. The lowest BCUT2D eigenvalue weighted by Gasteiger charge is -2.08. The molecule has 0 saturated carbocycles. The maximum Gasteiger partial charge on any atom is 0.387 e. The van der Waals surface area contributed by atoms with Gasteiger partial charge in [-0.15, -0.1) is 11.3 Å². The highest BCUT2D eigenvalue weighted by atomic mass is 32.1. The first-order valence-corrected chi connectivity index (χ1v) is 10.0. The Morgan fingerprint density at radius 1 is 1.16 bits per heavy atom. The molecule has 0 bridgehead atoms. The summed E-state index contributed by atoms with van der Waals surface area (Å²) in [7, 11) is 1.53. The number of nitrogens with one attached hydrogen (secondary N) is 1. The van der Waals surface area contributed by atoms with Gasteiger partial charge >= 0.3 is 6.61 Å². The van der Waals surface area contributed by atoms with Crippen LogP contribution in [0.4, 0.5) is 13.9 Å². The van der Waals surface area contributed by atoms with Crippen molar-refractivity contribution in [1.29, 1.82) is 0 Å². The van der Waals surface area contributed by atoms with E-state index in [4.69, 9.17) is 0 Å². The van der Waals surface area contributed by atoms with Crippen LogP contribution < -0.4 is 15.6 Å². The molecule has 2 aromatic heterocycles. The summed E-state index contributed by atoms with van der Waals surface area (Å²) in [5.41, 5.74) is 1.02. The average Bonchev–Trinajstić information content (AvgIpc) is 3.20. The number of rotatable bonds is 6. The van der Waals surface area contributed by atoms with E-state index in [1.54, 1.807) is 47.8 Å². The van der Waals surface area contributed by atoms with Gasteiger partial charge in [0, 0.05) is 23.4 Å². The van der Waals surface area contributed by atoms with E-state index in [9.17, 15) is 18.4 Å². The van der Waals surface area contributed by atoms with Gasteiger partial charge in [0.05, 0.1) is 23.2 Å². The minimum absolute atomic E-state index is 0.00143. The smallest absolute Gasteiger partial charge is 0.387 e. The molecule has 0 saturated heterocycles. The molecule has 4 rings (SSSR count). The molecule has 2 heterocycles. The molecule has 0 spiro atoms. The summed E-state index contributed by atoms with van der Waals surface area (Å²) in [5, 5.41) is 9.94. The summed E-state index contributed by atoms with van der Waals surface area (Å²) in [6.07, 6.45) is -0.0609. The zero-order valence-corrected chi connectivity index (χ0v) is 17.0.